The van der Waals surface area contributed by atoms with Gasteiger partial charge in [0, 0.05) is 19.1 Å². The van der Waals surface area contributed by atoms with Crippen LogP contribution in [0.1, 0.15) is 52.2 Å². The van der Waals surface area contributed by atoms with Crippen LogP contribution in [0.5, 0.6) is 5.75 Å². The van der Waals surface area contributed by atoms with E-state index < -0.39 is 5.60 Å². The lowest BCUT2D eigenvalue weighted by Crippen LogP contribution is -2.41. The van der Waals surface area contributed by atoms with Crippen LogP contribution in [0.25, 0.3) is 0 Å². The first-order chi connectivity index (χ1) is 12.7. The number of carbonyl (C=O) groups is 2. The number of ether oxygens (including phenoxy) is 2. The molecule has 0 aromatic heterocycles. The Hall–Kier alpha value is -2.24. The minimum Gasteiger partial charge on any atom is -0.484 e. The van der Waals surface area contributed by atoms with Gasteiger partial charge in [0.1, 0.15) is 11.4 Å². The highest BCUT2D eigenvalue weighted by Gasteiger charge is 2.23. The second-order valence-electron chi connectivity index (χ2n) is 7.87. The van der Waals surface area contributed by atoms with E-state index in [2.05, 4.69) is 11.4 Å². The quantitative estimate of drug-likeness (QED) is 0.827. The molecule has 1 aromatic rings. The predicted molar refractivity (Wildman–Crippen MR) is 105 cm³/mol. The average molecular weight is 376 g/mol. The Morgan fingerprint density at radius 2 is 1.89 bits per heavy atom. The smallest absolute Gasteiger partial charge is 0.407 e. The number of alkyl carbamates (subject to hydrolysis) is 1. The predicted octanol–water partition coefficient (Wildman–Crippen LogP) is 3.32. The summed E-state index contributed by atoms with van der Waals surface area (Å²) in [5, 5.41) is 2.95. The van der Waals surface area contributed by atoms with Gasteiger partial charge in [0.25, 0.3) is 5.91 Å². The van der Waals surface area contributed by atoms with E-state index in [0.29, 0.717) is 18.8 Å². The molecule has 1 N–H and O–H groups in total. The van der Waals surface area contributed by atoms with Gasteiger partial charge in [-0.2, -0.15) is 0 Å². The minimum atomic E-state index is -0.505. The van der Waals surface area contributed by atoms with Gasteiger partial charge in [-0.25, -0.2) is 4.79 Å². The monoisotopic (exact) mass is 376 g/mol. The molecule has 1 aliphatic carbocycles. The van der Waals surface area contributed by atoms with Crippen LogP contribution in [0.2, 0.25) is 0 Å². The zero-order valence-electron chi connectivity index (χ0n) is 17.1. The van der Waals surface area contributed by atoms with Crippen molar-refractivity contribution in [2.24, 2.45) is 0 Å². The first kappa shape index (κ1) is 21.1. The zero-order chi connectivity index (χ0) is 20.0. The van der Waals surface area contributed by atoms with E-state index in [1.54, 1.807) is 4.90 Å². The van der Waals surface area contributed by atoms with Crippen LogP contribution in [0.3, 0.4) is 0 Å². The largest absolute Gasteiger partial charge is 0.484 e. The molecule has 0 bridgehead atoms. The molecule has 2 amide bonds. The van der Waals surface area contributed by atoms with Crippen molar-refractivity contribution in [3.8, 4) is 5.75 Å². The molecule has 0 unspecified atom stereocenters. The standard InChI is InChI=1S/C21H32N2O4/c1-6-23(7-2)19(24)14-26-18-11-9-15-8-10-17(12-16(15)13-18)22-20(25)27-21(3,4)5/h9,11,13,17H,6-8,10,12,14H2,1-5H3,(H,22,25)/t17-/m0/s1. The maximum atomic E-state index is 12.1. The Balaban J connectivity index is 1.94. The van der Waals surface area contributed by atoms with Gasteiger partial charge in [0.05, 0.1) is 0 Å². The molecule has 27 heavy (non-hydrogen) atoms. The molecule has 0 saturated heterocycles. The molecular weight excluding hydrogens is 344 g/mol. The van der Waals surface area contributed by atoms with Crippen molar-refractivity contribution >= 4 is 12.0 Å². The molecule has 0 heterocycles. The van der Waals surface area contributed by atoms with Crippen molar-refractivity contribution in [3.63, 3.8) is 0 Å². The highest BCUT2D eigenvalue weighted by Crippen LogP contribution is 2.26. The van der Waals surface area contributed by atoms with Gasteiger partial charge in [-0.1, -0.05) is 6.07 Å². The molecule has 0 radical (unpaired) electrons. The molecule has 0 saturated carbocycles. The van der Waals surface area contributed by atoms with Crippen LogP contribution in [-0.2, 0) is 22.4 Å². The fourth-order valence-corrected chi connectivity index (χ4v) is 3.23. The lowest BCUT2D eigenvalue weighted by Gasteiger charge is -2.27. The van der Waals surface area contributed by atoms with Crippen molar-refractivity contribution in [1.29, 1.82) is 0 Å². The van der Waals surface area contributed by atoms with Crippen molar-refractivity contribution < 1.29 is 19.1 Å². The van der Waals surface area contributed by atoms with E-state index in [4.69, 9.17) is 9.47 Å². The van der Waals surface area contributed by atoms with Gasteiger partial charge in [-0.15, -0.1) is 0 Å². The fraction of sp³-hybridized carbons (Fsp3) is 0.619. The molecule has 150 valence electrons. The van der Waals surface area contributed by atoms with E-state index in [-0.39, 0.29) is 24.6 Å². The summed E-state index contributed by atoms with van der Waals surface area (Å²) in [6.45, 7) is 10.9. The number of hydrogen-bond donors (Lipinski definition) is 1. The summed E-state index contributed by atoms with van der Waals surface area (Å²) in [7, 11) is 0. The number of nitrogens with one attached hydrogen (secondary N) is 1. The number of hydrogen-bond acceptors (Lipinski definition) is 4. The summed E-state index contributed by atoms with van der Waals surface area (Å²) in [5.74, 6) is 0.675. The molecule has 2 rings (SSSR count). The SMILES string of the molecule is CCN(CC)C(=O)COc1ccc2c(c1)C[C@@H](NC(=O)OC(C)(C)C)CC2. The molecular formula is C21H32N2O4. The number of rotatable bonds is 6. The topological polar surface area (TPSA) is 67.9 Å². The highest BCUT2D eigenvalue weighted by molar-refractivity contribution is 5.77. The highest BCUT2D eigenvalue weighted by atomic mass is 16.6. The number of likely N-dealkylation sites (N-methyl/N-ethyl adjacent to an activating group) is 1. The first-order valence-corrected chi connectivity index (χ1v) is 9.73. The fourth-order valence-electron chi connectivity index (χ4n) is 3.23. The van der Waals surface area contributed by atoms with E-state index >= 15 is 0 Å². The zero-order valence-corrected chi connectivity index (χ0v) is 17.1. The Kier molecular flexibility index (Phi) is 7.11. The minimum absolute atomic E-state index is 0.0119. The van der Waals surface area contributed by atoms with Crippen molar-refractivity contribution in [2.75, 3.05) is 19.7 Å². The lowest BCUT2D eigenvalue weighted by molar-refractivity contribution is -0.132. The van der Waals surface area contributed by atoms with E-state index in [1.807, 2.05) is 46.8 Å². The van der Waals surface area contributed by atoms with Crippen LogP contribution in [0, 0.1) is 0 Å². The molecule has 1 aliphatic rings. The number of fused-ring (bicyclic) bond motifs is 1. The molecule has 6 heteroatoms. The summed E-state index contributed by atoms with van der Waals surface area (Å²) in [6, 6.07) is 5.99. The maximum absolute atomic E-state index is 12.1. The van der Waals surface area contributed by atoms with Gasteiger partial charge in [0.2, 0.25) is 0 Å². The Bertz CT molecular complexity index is 663. The molecule has 0 spiro atoms. The molecule has 1 atom stereocenters. The van der Waals surface area contributed by atoms with Gasteiger partial charge >= 0.3 is 6.09 Å². The molecule has 0 aliphatic heterocycles. The molecule has 0 fully saturated rings. The van der Waals surface area contributed by atoms with Crippen molar-refractivity contribution in [1.82, 2.24) is 10.2 Å². The third-order valence-corrected chi connectivity index (χ3v) is 4.61. The third-order valence-electron chi connectivity index (χ3n) is 4.61. The van der Waals surface area contributed by atoms with Crippen molar-refractivity contribution in [2.45, 2.75) is 65.5 Å². The van der Waals surface area contributed by atoms with Crippen LogP contribution >= 0.6 is 0 Å². The van der Waals surface area contributed by atoms with E-state index in [0.717, 1.165) is 24.8 Å². The Labute approximate surface area is 162 Å². The summed E-state index contributed by atoms with van der Waals surface area (Å²) < 4.78 is 11.0. The van der Waals surface area contributed by atoms with Gasteiger partial charge in [-0.05, 0) is 77.1 Å². The second kappa shape index (κ2) is 9.11. The summed E-state index contributed by atoms with van der Waals surface area (Å²) in [5.41, 5.74) is 1.91. The summed E-state index contributed by atoms with van der Waals surface area (Å²) in [6.07, 6.45) is 2.13. The van der Waals surface area contributed by atoms with E-state index in [9.17, 15) is 9.59 Å². The first-order valence-electron chi connectivity index (χ1n) is 9.73. The van der Waals surface area contributed by atoms with Gasteiger partial charge in [-0.3, -0.25) is 4.79 Å². The van der Waals surface area contributed by atoms with Crippen LogP contribution in [-0.4, -0.2) is 48.2 Å². The van der Waals surface area contributed by atoms with Gasteiger partial charge in [0.15, 0.2) is 6.61 Å². The van der Waals surface area contributed by atoms with Crippen molar-refractivity contribution in [3.05, 3.63) is 29.3 Å². The number of benzene rings is 1. The van der Waals surface area contributed by atoms with Gasteiger partial charge < -0.3 is 19.7 Å². The Morgan fingerprint density at radius 1 is 1.19 bits per heavy atom. The summed E-state index contributed by atoms with van der Waals surface area (Å²) in [4.78, 5) is 25.8. The van der Waals surface area contributed by atoms with Crippen LogP contribution in [0.15, 0.2) is 18.2 Å². The lowest BCUT2D eigenvalue weighted by atomic mass is 9.88. The Morgan fingerprint density at radius 3 is 2.52 bits per heavy atom. The van der Waals surface area contributed by atoms with E-state index in [1.165, 1.54) is 5.56 Å². The average Bonchev–Trinajstić information content (AvgIpc) is 2.59. The van der Waals surface area contributed by atoms with Crippen LogP contribution < -0.4 is 10.1 Å². The second-order valence-corrected chi connectivity index (χ2v) is 7.87. The number of aryl methyl sites for hydroxylation is 1. The summed E-state index contributed by atoms with van der Waals surface area (Å²) >= 11 is 0. The normalized spacial score (nSPS) is 16.3. The maximum Gasteiger partial charge on any atom is 0.407 e. The number of nitrogens with zero attached hydrogens (tertiary/aromatic N) is 1. The third kappa shape index (κ3) is 6.45. The number of carbonyl (C=O) groups excluding carboxylic acids is 2. The molecule has 1 aromatic carbocycles. The molecule has 6 nitrogen and oxygen atoms in total. The number of amides is 2. The van der Waals surface area contributed by atoms with Crippen LogP contribution in [0.4, 0.5) is 4.79 Å².